The second kappa shape index (κ2) is 13.5. The molecule has 0 spiro atoms. The molecule has 4 rings (SSSR count). The lowest BCUT2D eigenvalue weighted by Crippen LogP contribution is -2.64. The molecule has 0 aromatic heterocycles. The van der Waals surface area contributed by atoms with Gasteiger partial charge in [-0.15, -0.1) is 0 Å². The number of benzene rings is 1. The highest BCUT2D eigenvalue weighted by Crippen LogP contribution is 2.39. The van der Waals surface area contributed by atoms with Gasteiger partial charge in [-0.25, -0.2) is 0 Å². The van der Waals surface area contributed by atoms with Gasteiger partial charge in [0.05, 0.1) is 19.8 Å². The molecular formula is C29H46O11Si. The molecule has 232 valence electrons. The van der Waals surface area contributed by atoms with E-state index in [1.807, 2.05) is 30.3 Å². The highest BCUT2D eigenvalue weighted by atomic mass is 28.4. The number of aliphatic hydroxyl groups is 1. The summed E-state index contributed by atoms with van der Waals surface area (Å²) in [6.45, 7) is 12.7. The normalized spacial score (nSPS) is 35.8. The zero-order chi connectivity index (χ0) is 29.9. The Morgan fingerprint density at radius 2 is 1.68 bits per heavy atom. The minimum atomic E-state index is -2.14. The molecule has 1 aromatic carbocycles. The molecule has 41 heavy (non-hydrogen) atoms. The van der Waals surface area contributed by atoms with Gasteiger partial charge in [-0.3, -0.25) is 4.79 Å². The van der Waals surface area contributed by atoms with Crippen molar-refractivity contribution in [3.8, 4) is 0 Å². The van der Waals surface area contributed by atoms with Crippen molar-refractivity contribution in [3.63, 3.8) is 0 Å². The Hall–Kier alpha value is -1.45. The van der Waals surface area contributed by atoms with E-state index in [4.69, 9.17) is 42.3 Å². The van der Waals surface area contributed by atoms with E-state index in [1.165, 1.54) is 21.1 Å². The second-order valence-corrected chi connectivity index (χ2v) is 17.1. The number of rotatable bonds is 11. The van der Waals surface area contributed by atoms with Crippen molar-refractivity contribution in [2.75, 3.05) is 27.4 Å². The minimum Gasteiger partial charge on any atom is -0.457 e. The molecule has 2 bridgehead atoms. The van der Waals surface area contributed by atoms with Gasteiger partial charge in [0.1, 0.15) is 42.7 Å². The molecular weight excluding hydrogens is 552 g/mol. The Kier molecular flexibility index (Phi) is 10.7. The number of esters is 1. The van der Waals surface area contributed by atoms with Crippen LogP contribution in [0.4, 0.5) is 0 Å². The first-order valence-corrected chi connectivity index (χ1v) is 17.1. The Morgan fingerprint density at radius 1 is 1.00 bits per heavy atom. The number of hydrogen-bond donors (Lipinski definition) is 1. The number of carbonyl (C=O) groups excluding carboxylic acids is 1. The zero-order valence-corrected chi connectivity index (χ0v) is 26.3. The van der Waals surface area contributed by atoms with Crippen molar-refractivity contribution in [1.82, 2.24) is 0 Å². The number of aliphatic hydroxyl groups excluding tert-OH is 1. The maximum Gasteiger partial charge on any atom is 0.303 e. The van der Waals surface area contributed by atoms with E-state index in [1.54, 1.807) is 0 Å². The molecule has 1 N–H and O–H groups in total. The van der Waals surface area contributed by atoms with Gasteiger partial charge in [0.15, 0.2) is 27.0 Å². The average molecular weight is 599 g/mol. The Morgan fingerprint density at radius 3 is 2.29 bits per heavy atom. The summed E-state index contributed by atoms with van der Waals surface area (Å²) in [5.74, 6) is -0.489. The molecule has 1 aromatic rings. The van der Waals surface area contributed by atoms with Gasteiger partial charge in [-0.2, -0.15) is 0 Å². The van der Waals surface area contributed by atoms with Gasteiger partial charge in [-0.1, -0.05) is 51.1 Å². The summed E-state index contributed by atoms with van der Waals surface area (Å²) in [6.07, 6.45) is -8.01. The average Bonchev–Trinajstić information content (AvgIpc) is 3.35. The number of methoxy groups -OCH3 is 2. The Labute approximate surface area is 243 Å². The predicted molar refractivity (Wildman–Crippen MR) is 149 cm³/mol. The van der Waals surface area contributed by atoms with Crippen LogP contribution in [0.5, 0.6) is 0 Å². The van der Waals surface area contributed by atoms with E-state index in [0.29, 0.717) is 0 Å². The van der Waals surface area contributed by atoms with E-state index in [9.17, 15) is 9.90 Å². The fourth-order valence-electron chi connectivity index (χ4n) is 5.09. The monoisotopic (exact) mass is 598 g/mol. The van der Waals surface area contributed by atoms with Crippen LogP contribution >= 0.6 is 0 Å². The van der Waals surface area contributed by atoms with E-state index < -0.39 is 75.7 Å². The van der Waals surface area contributed by atoms with Crippen LogP contribution in [0.1, 0.15) is 33.3 Å². The van der Waals surface area contributed by atoms with E-state index in [2.05, 4.69) is 33.9 Å². The molecule has 0 amide bonds. The highest BCUT2D eigenvalue weighted by molar-refractivity contribution is 6.74. The Bertz CT molecular complexity index is 987. The fourth-order valence-corrected chi connectivity index (χ4v) is 6.10. The van der Waals surface area contributed by atoms with E-state index in [-0.39, 0.29) is 24.9 Å². The quantitative estimate of drug-likeness (QED) is 0.299. The lowest BCUT2D eigenvalue weighted by Gasteiger charge is -2.47. The third-order valence-electron chi connectivity index (χ3n) is 8.47. The zero-order valence-electron chi connectivity index (χ0n) is 25.3. The first-order valence-electron chi connectivity index (χ1n) is 14.1. The fraction of sp³-hybridized carbons (Fsp3) is 0.759. The van der Waals surface area contributed by atoms with Crippen LogP contribution < -0.4 is 0 Å². The summed E-state index contributed by atoms with van der Waals surface area (Å²) in [5, 5.41) is 11.1. The van der Waals surface area contributed by atoms with Gasteiger partial charge in [-0.05, 0) is 23.7 Å². The summed E-state index contributed by atoms with van der Waals surface area (Å²) in [5.41, 5.74) is 0.947. The lowest BCUT2D eigenvalue weighted by molar-refractivity contribution is -0.344. The maximum absolute atomic E-state index is 12.2. The van der Waals surface area contributed by atoms with Gasteiger partial charge in [0.25, 0.3) is 0 Å². The highest BCUT2D eigenvalue weighted by Gasteiger charge is 2.57. The summed E-state index contributed by atoms with van der Waals surface area (Å²) >= 11 is 0. The molecule has 0 radical (unpaired) electrons. The summed E-state index contributed by atoms with van der Waals surface area (Å²) < 4.78 is 54.6. The van der Waals surface area contributed by atoms with Crippen LogP contribution in [0.3, 0.4) is 0 Å². The minimum absolute atomic E-state index is 0.0251. The first-order chi connectivity index (χ1) is 19.4. The molecule has 3 aliphatic rings. The van der Waals surface area contributed by atoms with E-state index >= 15 is 0 Å². The Balaban J connectivity index is 1.55. The predicted octanol–water partition coefficient (Wildman–Crippen LogP) is 2.78. The number of ether oxygens (including phenoxy) is 8. The maximum atomic E-state index is 12.2. The van der Waals surface area contributed by atoms with Crippen molar-refractivity contribution in [2.24, 2.45) is 0 Å². The molecule has 3 aliphatic heterocycles. The van der Waals surface area contributed by atoms with Crippen LogP contribution in [-0.4, -0.2) is 108 Å². The number of hydrogen-bond acceptors (Lipinski definition) is 11. The van der Waals surface area contributed by atoms with Gasteiger partial charge < -0.3 is 47.4 Å². The standard InChI is InChI=1S/C29H46O11Si/c1-17(30)37-24-22(20-15-35-27(39-20)26(24)34-14-18-12-10-9-11-13-18)40-28-25(33-6)23(32-5)21(31)19(38-28)16-36-41(7,8)29(2,3)4/h9-13,19-28,31H,14-16H2,1-8H3/t19-,20+,21-,22-,23+,24+,25-,26-,27-,28+/m1/s1. The largest absolute Gasteiger partial charge is 0.457 e. The first kappa shape index (κ1) is 32.5. The van der Waals surface area contributed by atoms with Crippen LogP contribution in [0.25, 0.3) is 0 Å². The molecule has 3 saturated heterocycles. The van der Waals surface area contributed by atoms with Crippen molar-refractivity contribution < 1.29 is 52.2 Å². The van der Waals surface area contributed by atoms with Crippen LogP contribution in [-0.2, 0) is 53.7 Å². The lowest BCUT2D eigenvalue weighted by atomic mass is 9.97. The molecule has 3 heterocycles. The molecule has 11 nitrogen and oxygen atoms in total. The summed E-state index contributed by atoms with van der Waals surface area (Å²) in [4.78, 5) is 12.2. The smallest absolute Gasteiger partial charge is 0.303 e. The van der Waals surface area contributed by atoms with Gasteiger partial charge in [0, 0.05) is 21.1 Å². The van der Waals surface area contributed by atoms with E-state index in [0.717, 1.165) is 5.56 Å². The molecule has 0 unspecified atom stereocenters. The molecule has 10 atom stereocenters. The molecule has 12 heteroatoms. The molecule has 0 saturated carbocycles. The summed E-state index contributed by atoms with van der Waals surface area (Å²) in [6, 6.07) is 9.65. The van der Waals surface area contributed by atoms with Crippen LogP contribution in [0.15, 0.2) is 30.3 Å². The summed E-state index contributed by atoms with van der Waals surface area (Å²) in [7, 11) is 0.857. The van der Waals surface area contributed by atoms with Crippen molar-refractivity contribution in [3.05, 3.63) is 35.9 Å². The van der Waals surface area contributed by atoms with Gasteiger partial charge >= 0.3 is 5.97 Å². The van der Waals surface area contributed by atoms with Crippen LogP contribution in [0.2, 0.25) is 18.1 Å². The van der Waals surface area contributed by atoms with Crippen molar-refractivity contribution in [2.45, 2.75) is 114 Å². The number of fused-ring (bicyclic) bond motifs is 2. The van der Waals surface area contributed by atoms with Crippen molar-refractivity contribution >= 4 is 14.3 Å². The number of carbonyl (C=O) groups is 1. The second-order valence-electron chi connectivity index (χ2n) is 12.3. The van der Waals surface area contributed by atoms with Crippen molar-refractivity contribution in [1.29, 1.82) is 0 Å². The third kappa shape index (κ3) is 7.38. The topological polar surface area (TPSA) is 120 Å². The third-order valence-corrected chi connectivity index (χ3v) is 13.0. The van der Waals surface area contributed by atoms with Crippen LogP contribution in [0, 0.1) is 0 Å². The molecule has 3 fully saturated rings. The SMILES string of the molecule is CO[C@H]1[C@H](O[C@H]2[C@H](OC(C)=O)[C@@H](OCc3ccccc3)[C@@H]3OC[C@@H]2O3)O[C@H](CO[Si](C)(C)C(C)(C)C)[C@@H](O)[C@@H]1OC. The van der Waals surface area contributed by atoms with Gasteiger partial charge in [0.2, 0.25) is 0 Å². The molecule has 0 aliphatic carbocycles.